The number of nitrogens with zero attached hydrogens (tertiary/aromatic N) is 4. The van der Waals surface area contributed by atoms with Gasteiger partial charge in [0.25, 0.3) is 5.56 Å². The van der Waals surface area contributed by atoms with Crippen molar-refractivity contribution in [3.63, 3.8) is 0 Å². The molecule has 1 saturated heterocycles. The van der Waals surface area contributed by atoms with E-state index in [0.29, 0.717) is 44.3 Å². The van der Waals surface area contributed by atoms with Crippen LogP contribution in [0.3, 0.4) is 0 Å². The van der Waals surface area contributed by atoms with Gasteiger partial charge >= 0.3 is 6.09 Å². The Labute approximate surface area is 236 Å². The molecule has 1 fully saturated rings. The van der Waals surface area contributed by atoms with E-state index in [1.807, 2.05) is 36.4 Å². The standard InChI is InChI=1S/C29H35BrN4O5/c1-29(2,3)26-16-21(34(28(36)37)18-19-4-7-24-25(14-19)39-13-12-38-24)8-9-32(26)10-11-33-23-15-20(30)5-6-22(23)31-17-27(33)35/h4-7,14-15,17,21,26H,8-13,16,18H2,1-3H3,(H,36,37). The van der Waals surface area contributed by atoms with Gasteiger partial charge in [0.15, 0.2) is 11.5 Å². The molecule has 208 valence electrons. The summed E-state index contributed by atoms with van der Waals surface area (Å²) < 4.78 is 14.0. The summed E-state index contributed by atoms with van der Waals surface area (Å²) >= 11 is 3.51. The van der Waals surface area contributed by atoms with E-state index in [2.05, 4.69) is 46.6 Å². The van der Waals surface area contributed by atoms with E-state index in [9.17, 15) is 14.7 Å². The summed E-state index contributed by atoms with van der Waals surface area (Å²) in [6.45, 7) is 9.87. The molecule has 3 heterocycles. The number of hydrogen-bond acceptors (Lipinski definition) is 6. The maximum absolute atomic E-state index is 12.8. The van der Waals surface area contributed by atoms with Gasteiger partial charge in [-0.25, -0.2) is 9.78 Å². The molecule has 2 aromatic carbocycles. The van der Waals surface area contributed by atoms with E-state index in [1.54, 1.807) is 9.47 Å². The van der Waals surface area contributed by atoms with Crippen LogP contribution in [0.15, 0.2) is 51.9 Å². The second-order valence-electron chi connectivity index (χ2n) is 11.4. The smallest absolute Gasteiger partial charge is 0.407 e. The van der Waals surface area contributed by atoms with Crippen molar-refractivity contribution in [3.05, 3.63) is 63.0 Å². The highest BCUT2D eigenvalue weighted by atomic mass is 79.9. The number of amides is 1. The minimum atomic E-state index is -0.920. The van der Waals surface area contributed by atoms with Crippen molar-refractivity contribution in [3.8, 4) is 11.5 Å². The molecule has 1 aromatic heterocycles. The van der Waals surface area contributed by atoms with Crippen molar-refractivity contribution in [2.24, 2.45) is 5.41 Å². The molecule has 0 saturated carbocycles. The second-order valence-corrected chi connectivity index (χ2v) is 12.3. The fraction of sp³-hybridized carbons (Fsp3) is 0.483. The summed E-state index contributed by atoms with van der Waals surface area (Å²) in [6, 6.07) is 11.4. The number of ether oxygens (including phenoxy) is 2. The lowest BCUT2D eigenvalue weighted by atomic mass is 9.78. The van der Waals surface area contributed by atoms with Crippen LogP contribution in [0.5, 0.6) is 11.5 Å². The topological polar surface area (TPSA) is 97.1 Å². The third kappa shape index (κ3) is 6.06. The first-order valence-corrected chi connectivity index (χ1v) is 14.2. The molecule has 2 unspecified atom stereocenters. The summed E-state index contributed by atoms with van der Waals surface area (Å²) in [7, 11) is 0. The van der Waals surface area contributed by atoms with Gasteiger partial charge in [0.05, 0.1) is 17.2 Å². The lowest BCUT2D eigenvalue weighted by Gasteiger charge is -2.48. The zero-order valence-electron chi connectivity index (χ0n) is 22.6. The summed E-state index contributed by atoms with van der Waals surface area (Å²) in [5.41, 5.74) is 2.26. The lowest BCUT2D eigenvalue weighted by molar-refractivity contribution is 0.0131. The minimum Gasteiger partial charge on any atom is -0.486 e. The Hall–Kier alpha value is -3.11. The Morgan fingerprint density at radius 3 is 2.64 bits per heavy atom. The van der Waals surface area contributed by atoms with Gasteiger partial charge in [-0.1, -0.05) is 42.8 Å². The molecule has 9 nitrogen and oxygen atoms in total. The fourth-order valence-corrected chi connectivity index (χ4v) is 6.13. The van der Waals surface area contributed by atoms with Crippen LogP contribution in [0.4, 0.5) is 4.79 Å². The number of likely N-dealkylation sites (tertiary alicyclic amines) is 1. The van der Waals surface area contributed by atoms with Gasteiger partial charge in [-0.3, -0.25) is 9.69 Å². The first kappa shape index (κ1) is 27.5. The SMILES string of the molecule is CC(C)(C)C1CC(N(Cc2ccc3c(c2)OCCO3)C(=O)O)CCN1CCn1c(=O)cnc2ccc(Br)cc21. The molecule has 0 spiro atoms. The van der Waals surface area contributed by atoms with Crippen LogP contribution >= 0.6 is 15.9 Å². The molecule has 0 bridgehead atoms. The summed E-state index contributed by atoms with van der Waals surface area (Å²) in [6.07, 6.45) is 1.90. The van der Waals surface area contributed by atoms with Crippen molar-refractivity contribution >= 4 is 33.1 Å². The van der Waals surface area contributed by atoms with Crippen molar-refractivity contribution < 1.29 is 19.4 Å². The quantitative estimate of drug-likeness (QED) is 0.427. The number of rotatable bonds is 6. The van der Waals surface area contributed by atoms with Crippen LogP contribution in [0, 0.1) is 5.41 Å². The normalized spacial score (nSPS) is 19.7. The van der Waals surface area contributed by atoms with Crippen molar-refractivity contribution in [2.75, 3.05) is 26.3 Å². The van der Waals surface area contributed by atoms with Crippen LogP contribution in [-0.4, -0.2) is 68.9 Å². The number of carboxylic acid groups (broad SMARTS) is 1. The number of aromatic nitrogens is 2. The Bertz CT molecular complexity index is 1420. The Morgan fingerprint density at radius 1 is 1.13 bits per heavy atom. The molecule has 1 N–H and O–H groups in total. The Kier molecular flexibility index (Phi) is 7.87. The number of hydrogen-bond donors (Lipinski definition) is 1. The van der Waals surface area contributed by atoms with Crippen molar-refractivity contribution in [1.82, 2.24) is 19.4 Å². The highest BCUT2D eigenvalue weighted by Gasteiger charge is 2.39. The Morgan fingerprint density at radius 2 is 1.90 bits per heavy atom. The van der Waals surface area contributed by atoms with Crippen LogP contribution in [0.1, 0.15) is 39.2 Å². The Balaban J connectivity index is 1.33. The van der Waals surface area contributed by atoms with E-state index in [0.717, 1.165) is 40.5 Å². The molecule has 2 aliphatic heterocycles. The van der Waals surface area contributed by atoms with Crippen molar-refractivity contribution in [1.29, 1.82) is 0 Å². The molecule has 39 heavy (non-hydrogen) atoms. The minimum absolute atomic E-state index is 0.0753. The monoisotopic (exact) mass is 598 g/mol. The average Bonchev–Trinajstić information content (AvgIpc) is 2.90. The van der Waals surface area contributed by atoms with Crippen LogP contribution < -0.4 is 15.0 Å². The van der Waals surface area contributed by atoms with E-state index in [4.69, 9.17) is 9.47 Å². The molecule has 0 radical (unpaired) electrons. The highest BCUT2D eigenvalue weighted by Crippen LogP contribution is 2.35. The molecule has 10 heteroatoms. The third-order valence-electron chi connectivity index (χ3n) is 7.75. The molecule has 3 aromatic rings. The summed E-state index contributed by atoms with van der Waals surface area (Å²) in [4.78, 5) is 33.5. The molecule has 1 amide bonds. The zero-order valence-corrected chi connectivity index (χ0v) is 24.2. The zero-order chi connectivity index (χ0) is 27.7. The number of carbonyl (C=O) groups is 1. The summed E-state index contributed by atoms with van der Waals surface area (Å²) in [5.74, 6) is 1.36. The van der Waals surface area contributed by atoms with Crippen molar-refractivity contribution in [2.45, 2.75) is 58.8 Å². The maximum Gasteiger partial charge on any atom is 0.407 e. The lowest BCUT2D eigenvalue weighted by Crippen LogP contribution is -2.55. The van der Waals surface area contributed by atoms with Gasteiger partial charge in [0.2, 0.25) is 0 Å². The molecule has 2 atom stereocenters. The van der Waals surface area contributed by atoms with Crippen LogP contribution in [0.25, 0.3) is 11.0 Å². The first-order valence-electron chi connectivity index (χ1n) is 13.4. The summed E-state index contributed by atoms with van der Waals surface area (Å²) in [5, 5.41) is 10.2. The van der Waals surface area contributed by atoms with Crippen LogP contribution in [-0.2, 0) is 13.1 Å². The number of benzene rings is 2. The van der Waals surface area contributed by atoms with Gasteiger partial charge in [0.1, 0.15) is 13.2 Å². The van der Waals surface area contributed by atoms with Gasteiger partial charge in [-0.2, -0.15) is 0 Å². The average molecular weight is 600 g/mol. The van der Waals surface area contributed by atoms with E-state index < -0.39 is 6.09 Å². The molecular weight excluding hydrogens is 564 g/mol. The molecule has 5 rings (SSSR count). The van der Waals surface area contributed by atoms with Gasteiger partial charge < -0.3 is 24.0 Å². The first-order chi connectivity index (χ1) is 18.6. The molecule has 2 aliphatic rings. The largest absolute Gasteiger partial charge is 0.486 e. The van der Waals surface area contributed by atoms with Crippen LogP contribution in [0.2, 0.25) is 0 Å². The number of fused-ring (bicyclic) bond motifs is 2. The number of halogens is 1. The fourth-order valence-electron chi connectivity index (χ4n) is 5.78. The predicted molar refractivity (Wildman–Crippen MR) is 153 cm³/mol. The van der Waals surface area contributed by atoms with E-state index in [-0.39, 0.29) is 23.1 Å². The van der Waals surface area contributed by atoms with Gasteiger partial charge in [-0.15, -0.1) is 0 Å². The third-order valence-corrected chi connectivity index (χ3v) is 8.24. The van der Waals surface area contributed by atoms with Gasteiger partial charge in [0, 0.05) is 42.7 Å². The van der Waals surface area contributed by atoms with E-state index >= 15 is 0 Å². The highest BCUT2D eigenvalue weighted by molar-refractivity contribution is 9.10. The second kappa shape index (κ2) is 11.2. The van der Waals surface area contributed by atoms with Gasteiger partial charge in [-0.05, 0) is 54.2 Å². The predicted octanol–water partition coefficient (Wildman–Crippen LogP) is 4.99. The van der Waals surface area contributed by atoms with E-state index in [1.165, 1.54) is 6.20 Å². The maximum atomic E-state index is 12.8. The number of piperidine rings is 1. The molecular formula is C29H35BrN4O5. The molecule has 0 aliphatic carbocycles.